The van der Waals surface area contributed by atoms with Gasteiger partial charge in [-0.25, -0.2) is 20.4 Å². The predicted molar refractivity (Wildman–Crippen MR) is 93.3 cm³/mol. The summed E-state index contributed by atoms with van der Waals surface area (Å²) in [6.45, 7) is 11.5. The van der Waals surface area contributed by atoms with Gasteiger partial charge in [0.2, 0.25) is 5.96 Å². The quantitative estimate of drug-likeness (QED) is 0.373. The molecule has 1 aliphatic rings. The zero-order valence-corrected chi connectivity index (χ0v) is 15.8. The van der Waals surface area contributed by atoms with Gasteiger partial charge in [0.15, 0.2) is 0 Å². The van der Waals surface area contributed by atoms with Crippen molar-refractivity contribution in [3.63, 3.8) is 0 Å². The zero-order chi connectivity index (χ0) is 19.6. The Morgan fingerprint density at radius 3 is 2.12 bits per heavy atom. The molecular weight excluding hydrogens is 328 g/mol. The second-order valence-electron chi connectivity index (χ2n) is 8.34. The van der Waals surface area contributed by atoms with Gasteiger partial charge in [-0.05, 0) is 39.0 Å². The van der Waals surface area contributed by atoms with Crippen LogP contribution in [0.25, 0.3) is 0 Å². The number of rotatable bonds is 1. The van der Waals surface area contributed by atoms with Crippen molar-refractivity contribution >= 4 is 18.1 Å². The van der Waals surface area contributed by atoms with Crippen molar-refractivity contribution in [2.45, 2.75) is 72.1 Å². The summed E-state index contributed by atoms with van der Waals surface area (Å²) in [6, 6.07) is -0.183. The number of likely N-dealkylation sites (tertiary alicyclic amines) is 1. The third-order valence-electron chi connectivity index (χ3n) is 4.26. The van der Waals surface area contributed by atoms with Crippen LogP contribution in [0, 0.1) is 5.41 Å². The molecule has 0 bridgehead atoms. The Labute approximate surface area is 148 Å². The number of hydrogen-bond donors (Lipinski definition) is 3. The maximum Gasteiger partial charge on any atom is 0.434 e. The second kappa shape index (κ2) is 7.57. The summed E-state index contributed by atoms with van der Waals surface area (Å²) < 4.78 is 0. The van der Waals surface area contributed by atoms with Gasteiger partial charge in [-0.3, -0.25) is 0 Å². The van der Waals surface area contributed by atoms with E-state index in [9.17, 15) is 19.8 Å². The first-order valence-electron chi connectivity index (χ1n) is 8.26. The molecule has 0 aromatic heterocycles. The average molecular weight is 358 g/mol. The highest BCUT2D eigenvalue weighted by atomic mass is 16.6. The summed E-state index contributed by atoms with van der Waals surface area (Å²) in [5.41, 5.74) is -1.12. The molecule has 9 nitrogen and oxygen atoms in total. The number of aliphatic imine (C=N–C) groups is 1. The molecule has 0 radical (unpaired) electrons. The number of piperidine rings is 1. The van der Waals surface area contributed by atoms with Gasteiger partial charge in [-0.2, -0.15) is 0 Å². The fourth-order valence-corrected chi connectivity index (χ4v) is 3.12. The lowest BCUT2D eigenvalue weighted by Crippen LogP contribution is -2.62. The van der Waals surface area contributed by atoms with E-state index in [4.69, 9.17) is 10.7 Å². The lowest BCUT2D eigenvalue weighted by atomic mass is 9.80. The van der Waals surface area contributed by atoms with Crippen LogP contribution in [0.15, 0.2) is 4.99 Å². The van der Waals surface area contributed by atoms with E-state index in [1.807, 2.05) is 20.8 Å². The molecule has 144 valence electrons. The maximum absolute atomic E-state index is 11.9. The number of guanidine groups is 1. The van der Waals surface area contributed by atoms with Crippen molar-refractivity contribution in [2.24, 2.45) is 16.3 Å². The third-order valence-corrected chi connectivity index (χ3v) is 4.26. The van der Waals surface area contributed by atoms with E-state index >= 15 is 0 Å². The fraction of sp³-hybridized carbons (Fsp3) is 0.812. The number of amides is 2. The minimum atomic E-state index is -1.43. The van der Waals surface area contributed by atoms with Gasteiger partial charge in [0.05, 0.1) is 6.10 Å². The van der Waals surface area contributed by atoms with Crippen molar-refractivity contribution in [2.75, 3.05) is 6.54 Å². The normalized spacial score (nSPS) is 22.7. The van der Waals surface area contributed by atoms with Gasteiger partial charge in [0, 0.05) is 18.1 Å². The van der Waals surface area contributed by atoms with Crippen molar-refractivity contribution in [1.82, 2.24) is 9.80 Å². The van der Waals surface area contributed by atoms with Gasteiger partial charge in [-0.1, -0.05) is 20.8 Å². The van der Waals surface area contributed by atoms with Crippen molar-refractivity contribution in [1.29, 1.82) is 0 Å². The van der Waals surface area contributed by atoms with Crippen LogP contribution in [-0.4, -0.2) is 62.4 Å². The number of carboxylic acid groups (broad SMARTS) is 2. The Balaban J connectivity index is 3.43. The minimum Gasteiger partial charge on any atom is -0.465 e. The summed E-state index contributed by atoms with van der Waals surface area (Å²) in [5, 5.41) is 18.9. The molecule has 1 aliphatic heterocycles. The van der Waals surface area contributed by atoms with Crippen molar-refractivity contribution < 1.29 is 24.6 Å². The monoisotopic (exact) mass is 358 g/mol. The Hall–Kier alpha value is -1.87. The Kier molecular flexibility index (Phi) is 6.41. The van der Waals surface area contributed by atoms with E-state index in [0.29, 0.717) is 19.4 Å². The summed E-state index contributed by atoms with van der Waals surface area (Å²) in [4.78, 5) is 34.6. The van der Waals surface area contributed by atoms with Crippen LogP contribution in [0.5, 0.6) is 0 Å². The maximum atomic E-state index is 11.9. The number of carbonyl (C=O) groups is 2. The molecule has 25 heavy (non-hydrogen) atoms. The highest BCUT2D eigenvalue weighted by Crippen LogP contribution is 2.34. The summed E-state index contributed by atoms with van der Waals surface area (Å²) in [5.74, 6) is 5.26. The van der Waals surface area contributed by atoms with E-state index < -0.39 is 17.7 Å². The Bertz CT molecular complexity index is 536. The van der Waals surface area contributed by atoms with Gasteiger partial charge >= 0.3 is 12.2 Å². The molecule has 1 fully saturated rings. The molecule has 9 heteroatoms. The Morgan fingerprint density at radius 1 is 1.20 bits per heavy atom. The highest BCUT2D eigenvalue weighted by molar-refractivity contribution is 5.99. The molecule has 4 N–H and O–H groups in total. The molecule has 0 spiro atoms. The SMILES string of the molecule is CC(C)(C)C1CC(ON)CCN1C(=NC(=O)O)N(C(=O)O)C(C)(C)C. The van der Waals surface area contributed by atoms with Gasteiger partial charge in [0.1, 0.15) is 0 Å². The van der Waals surface area contributed by atoms with E-state index in [-0.39, 0.29) is 23.5 Å². The summed E-state index contributed by atoms with van der Waals surface area (Å²) >= 11 is 0. The molecule has 0 aromatic rings. The Morgan fingerprint density at radius 2 is 1.76 bits per heavy atom. The molecule has 2 unspecified atom stereocenters. The molecule has 1 heterocycles. The van der Waals surface area contributed by atoms with Crippen LogP contribution in [0.3, 0.4) is 0 Å². The average Bonchev–Trinajstić information content (AvgIpc) is 2.42. The number of nitrogens with two attached hydrogens (primary N) is 1. The largest absolute Gasteiger partial charge is 0.465 e. The summed E-state index contributed by atoms with van der Waals surface area (Å²) in [7, 11) is 0. The van der Waals surface area contributed by atoms with E-state index in [2.05, 4.69) is 4.99 Å². The van der Waals surface area contributed by atoms with Crippen LogP contribution in [-0.2, 0) is 4.84 Å². The van der Waals surface area contributed by atoms with Crippen LogP contribution < -0.4 is 5.90 Å². The number of nitrogens with zero attached hydrogens (tertiary/aromatic N) is 3. The zero-order valence-electron chi connectivity index (χ0n) is 15.8. The molecule has 1 rings (SSSR count). The molecule has 0 aliphatic carbocycles. The van der Waals surface area contributed by atoms with Gasteiger partial charge in [-0.15, -0.1) is 4.99 Å². The van der Waals surface area contributed by atoms with Gasteiger partial charge < -0.3 is 20.0 Å². The fourth-order valence-electron chi connectivity index (χ4n) is 3.12. The molecule has 2 atom stereocenters. The predicted octanol–water partition coefficient (Wildman–Crippen LogP) is 2.57. The van der Waals surface area contributed by atoms with E-state index in [1.165, 1.54) is 0 Å². The molecule has 1 saturated heterocycles. The van der Waals surface area contributed by atoms with Crippen LogP contribution in [0.4, 0.5) is 9.59 Å². The third kappa shape index (κ3) is 5.30. The number of hydrogen-bond acceptors (Lipinski definition) is 4. The van der Waals surface area contributed by atoms with E-state index in [0.717, 1.165) is 4.90 Å². The molecule has 0 saturated carbocycles. The van der Waals surface area contributed by atoms with Crippen molar-refractivity contribution in [3.8, 4) is 0 Å². The smallest absolute Gasteiger partial charge is 0.434 e. The second-order valence-corrected chi connectivity index (χ2v) is 8.34. The topological polar surface area (TPSA) is 129 Å². The van der Waals surface area contributed by atoms with Crippen LogP contribution >= 0.6 is 0 Å². The molecule has 0 aromatic carbocycles. The molecule has 2 amide bonds. The van der Waals surface area contributed by atoms with Crippen LogP contribution in [0.1, 0.15) is 54.4 Å². The first kappa shape index (κ1) is 21.2. The van der Waals surface area contributed by atoms with E-state index in [1.54, 1.807) is 25.7 Å². The standard InChI is InChI=1S/C16H30N4O5/c1-15(2,3)11-9-10(25-17)7-8-19(11)12(18-13(21)22)20(14(23)24)16(4,5)6/h10-11H,7-9,17H2,1-6H3,(H,21,22)(H,23,24). The lowest BCUT2D eigenvalue weighted by molar-refractivity contribution is -0.0260. The highest BCUT2D eigenvalue weighted by Gasteiger charge is 2.43. The minimum absolute atomic E-state index is 0.0807. The van der Waals surface area contributed by atoms with Gasteiger partial charge in [0.25, 0.3) is 0 Å². The molecular formula is C16H30N4O5. The van der Waals surface area contributed by atoms with Crippen molar-refractivity contribution in [3.05, 3.63) is 0 Å². The first-order valence-corrected chi connectivity index (χ1v) is 8.26. The summed E-state index contributed by atoms with van der Waals surface area (Å²) in [6.07, 6.45) is -1.75. The lowest BCUT2D eigenvalue weighted by Gasteiger charge is -2.49. The van der Waals surface area contributed by atoms with Crippen LogP contribution in [0.2, 0.25) is 0 Å². The first-order chi connectivity index (χ1) is 11.3.